The lowest BCUT2D eigenvalue weighted by Crippen LogP contribution is -2.36. The third kappa shape index (κ3) is 6.62. The van der Waals surface area contributed by atoms with Crippen LogP contribution in [0, 0.1) is 5.82 Å². The van der Waals surface area contributed by atoms with Gasteiger partial charge in [-0.1, -0.05) is 36.1 Å². The van der Waals surface area contributed by atoms with Gasteiger partial charge in [0.25, 0.3) is 5.91 Å². The number of hydrogen-bond donors (Lipinski definition) is 1. The van der Waals surface area contributed by atoms with Crippen LogP contribution in [-0.2, 0) is 20.9 Å². The molecule has 0 bridgehead atoms. The van der Waals surface area contributed by atoms with Gasteiger partial charge in [-0.05, 0) is 37.5 Å². The smallest absolute Gasteiger partial charge is 0.317 e. The second-order valence-corrected chi connectivity index (χ2v) is 7.33. The van der Waals surface area contributed by atoms with Crippen molar-refractivity contribution in [1.29, 1.82) is 0 Å². The first-order valence-corrected chi connectivity index (χ1v) is 9.48. The summed E-state index contributed by atoms with van der Waals surface area (Å²) in [6.45, 7) is 3.63. The molecule has 1 atom stereocenters. The van der Waals surface area contributed by atoms with Crippen LogP contribution in [0.4, 0.5) is 4.39 Å². The molecule has 136 valence electrons. The van der Waals surface area contributed by atoms with Crippen LogP contribution in [-0.4, -0.2) is 46.0 Å². The lowest BCUT2D eigenvalue weighted by Gasteiger charge is -2.18. The van der Waals surface area contributed by atoms with Gasteiger partial charge in [-0.25, -0.2) is 4.39 Å². The van der Waals surface area contributed by atoms with Gasteiger partial charge < -0.3 is 15.0 Å². The molecule has 1 fully saturated rings. The van der Waals surface area contributed by atoms with Gasteiger partial charge in [0.1, 0.15) is 10.1 Å². The standard InChI is InChI=1S/C17H21FN2O3S2/c1-12(16(22)19-10-13-4-6-14(18)7-5-13)23-15(21)11-25-17(24)20-8-2-3-9-20/h4-7,12H,2-3,8-11H2,1H3,(H,19,22)/t12-/m0/s1. The fraction of sp³-hybridized carbons (Fsp3) is 0.471. The zero-order valence-corrected chi connectivity index (χ0v) is 15.6. The Morgan fingerprint density at radius 1 is 1.32 bits per heavy atom. The van der Waals surface area contributed by atoms with Crippen molar-refractivity contribution in [3.05, 3.63) is 35.6 Å². The Hall–Kier alpha value is -1.67. The molecule has 1 saturated heterocycles. The fourth-order valence-corrected chi connectivity index (χ4v) is 3.37. The van der Waals surface area contributed by atoms with E-state index >= 15 is 0 Å². The normalized spacial score (nSPS) is 14.9. The second-order valence-electron chi connectivity index (χ2n) is 5.73. The van der Waals surface area contributed by atoms with E-state index in [-0.39, 0.29) is 18.1 Å². The summed E-state index contributed by atoms with van der Waals surface area (Å²) in [5.41, 5.74) is 0.764. The highest BCUT2D eigenvalue weighted by molar-refractivity contribution is 8.23. The van der Waals surface area contributed by atoms with E-state index in [1.807, 2.05) is 0 Å². The van der Waals surface area contributed by atoms with Crippen LogP contribution < -0.4 is 5.32 Å². The average Bonchev–Trinajstić information content (AvgIpc) is 3.13. The summed E-state index contributed by atoms with van der Waals surface area (Å²) in [7, 11) is 0. The van der Waals surface area contributed by atoms with E-state index in [1.165, 1.54) is 30.8 Å². The number of rotatable bonds is 6. The molecule has 1 aliphatic heterocycles. The Morgan fingerprint density at radius 2 is 1.96 bits per heavy atom. The predicted molar refractivity (Wildman–Crippen MR) is 99.7 cm³/mol. The van der Waals surface area contributed by atoms with E-state index in [1.54, 1.807) is 12.1 Å². The largest absolute Gasteiger partial charge is 0.452 e. The van der Waals surface area contributed by atoms with Gasteiger partial charge in [-0.15, -0.1) is 0 Å². The summed E-state index contributed by atoms with van der Waals surface area (Å²) < 4.78 is 18.6. The Labute approximate surface area is 156 Å². The molecule has 2 rings (SSSR count). The van der Waals surface area contributed by atoms with E-state index < -0.39 is 18.0 Å². The Bertz CT molecular complexity index is 619. The zero-order chi connectivity index (χ0) is 18.2. The number of nitrogens with zero attached hydrogens (tertiary/aromatic N) is 1. The van der Waals surface area contributed by atoms with Crippen LogP contribution in [0.3, 0.4) is 0 Å². The topological polar surface area (TPSA) is 58.6 Å². The van der Waals surface area contributed by atoms with Gasteiger partial charge in [0.05, 0.1) is 5.75 Å². The quantitative estimate of drug-likeness (QED) is 0.601. The monoisotopic (exact) mass is 384 g/mol. The van der Waals surface area contributed by atoms with Crippen molar-refractivity contribution in [3.8, 4) is 0 Å². The maximum Gasteiger partial charge on any atom is 0.317 e. The molecular weight excluding hydrogens is 363 g/mol. The van der Waals surface area contributed by atoms with Gasteiger partial charge in [0, 0.05) is 19.6 Å². The highest BCUT2D eigenvalue weighted by atomic mass is 32.2. The number of esters is 1. The van der Waals surface area contributed by atoms with Crippen molar-refractivity contribution in [2.75, 3.05) is 18.8 Å². The molecule has 1 heterocycles. The zero-order valence-electron chi connectivity index (χ0n) is 14.0. The maximum atomic E-state index is 12.8. The summed E-state index contributed by atoms with van der Waals surface area (Å²) in [5, 5.41) is 2.65. The minimum absolute atomic E-state index is 0.0882. The first-order chi connectivity index (χ1) is 12.0. The number of ether oxygens (including phenoxy) is 1. The molecule has 1 aromatic carbocycles. The molecule has 1 aromatic rings. The van der Waals surface area contributed by atoms with Crippen molar-refractivity contribution in [3.63, 3.8) is 0 Å². The molecule has 1 amide bonds. The van der Waals surface area contributed by atoms with Gasteiger partial charge in [-0.3, -0.25) is 9.59 Å². The van der Waals surface area contributed by atoms with Gasteiger partial charge in [-0.2, -0.15) is 0 Å². The molecule has 0 aromatic heterocycles. The molecule has 0 unspecified atom stereocenters. The molecule has 1 aliphatic rings. The van der Waals surface area contributed by atoms with E-state index in [0.717, 1.165) is 31.5 Å². The molecule has 0 saturated carbocycles. The van der Waals surface area contributed by atoms with Crippen molar-refractivity contribution < 1.29 is 18.7 Å². The van der Waals surface area contributed by atoms with Crippen LogP contribution in [0.5, 0.6) is 0 Å². The Morgan fingerprint density at radius 3 is 2.60 bits per heavy atom. The van der Waals surface area contributed by atoms with E-state index in [2.05, 4.69) is 10.2 Å². The Kier molecular flexibility index (Phi) is 7.64. The lowest BCUT2D eigenvalue weighted by molar-refractivity contribution is -0.152. The molecule has 1 N–H and O–H groups in total. The summed E-state index contributed by atoms with van der Waals surface area (Å²) in [5.74, 6) is -1.12. The van der Waals surface area contributed by atoms with E-state index in [0.29, 0.717) is 4.32 Å². The van der Waals surface area contributed by atoms with Crippen LogP contribution in [0.25, 0.3) is 0 Å². The van der Waals surface area contributed by atoms with Crippen LogP contribution in [0.2, 0.25) is 0 Å². The van der Waals surface area contributed by atoms with Crippen molar-refractivity contribution >= 4 is 40.2 Å². The highest BCUT2D eigenvalue weighted by Crippen LogP contribution is 2.16. The number of thiocarbonyl (C=S) groups is 1. The number of amides is 1. The molecule has 0 radical (unpaired) electrons. The third-order valence-electron chi connectivity index (χ3n) is 3.74. The minimum Gasteiger partial charge on any atom is -0.452 e. The van der Waals surface area contributed by atoms with Crippen molar-refractivity contribution in [1.82, 2.24) is 10.2 Å². The number of benzene rings is 1. The number of hydrogen-bond acceptors (Lipinski definition) is 5. The lowest BCUT2D eigenvalue weighted by atomic mass is 10.2. The predicted octanol–water partition coefficient (Wildman–Crippen LogP) is 2.49. The van der Waals surface area contributed by atoms with Crippen molar-refractivity contribution in [2.45, 2.75) is 32.4 Å². The summed E-state index contributed by atoms with van der Waals surface area (Å²) >= 11 is 6.54. The number of nitrogens with one attached hydrogen (secondary N) is 1. The number of thioether (sulfide) groups is 1. The van der Waals surface area contributed by atoms with E-state index in [4.69, 9.17) is 17.0 Å². The fourth-order valence-electron chi connectivity index (χ4n) is 2.33. The molecule has 25 heavy (non-hydrogen) atoms. The third-order valence-corrected chi connectivity index (χ3v) is 5.23. The first kappa shape index (κ1) is 19.7. The maximum absolute atomic E-state index is 12.8. The highest BCUT2D eigenvalue weighted by Gasteiger charge is 2.20. The second kappa shape index (κ2) is 9.72. The van der Waals surface area contributed by atoms with Gasteiger partial charge in [0.2, 0.25) is 0 Å². The first-order valence-electron chi connectivity index (χ1n) is 8.09. The summed E-state index contributed by atoms with van der Waals surface area (Å²) in [4.78, 5) is 25.9. The van der Waals surface area contributed by atoms with Crippen LogP contribution in [0.15, 0.2) is 24.3 Å². The van der Waals surface area contributed by atoms with Crippen LogP contribution >= 0.6 is 24.0 Å². The number of likely N-dealkylation sites (tertiary alicyclic amines) is 1. The molecule has 8 heteroatoms. The Balaban J connectivity index is 1.67. The van der Waals surface area contributed by atoms with E-state index in [9.17, 15) is 14.0 Å². The average molecular weight is 384 g/mol. The van der Waals surface area contributed by atoms with Gasteiger partial charge in [0.15, 0.2) is 6.10 Å². The summed E-state index contributed by atoms with van der Waals surface area (Å²) in [6, 6.07) is 5.82. The molecule has 5 nitrogen and oxygen atoms in total. The molecule has 0 aliphatic carbocycles. The van der Waals surface area contributed by atoms with Crippen molar-refractivity contribution in [2.24, 2.45) is 0 Å². The summed E-state index contributed by atoms with van der Waals surface area (Å²) in [6.07, 6.45) is 1.35. The van der Waals surface area contributed by atoms with Crippen LogP contribution in [0.1, 0.15) is 25.3 Å². The number of carbonyl (C=O) groups excluding carboxylic acids is 2. The van der Waals surface area contributed by atoms with Gasteiger partial charge >= 0.3 is 5.97 Å². The molecule has 0 spiro atoms. The minimum atomic E-state index is -0.895. The SMILES string of the molecule is C[C@H](OC(=O)CSC(=S)N1CCCC1)C(=O)NCc1ccc(F)cc1. The number of carbonyl (C=O) groups is 2. The number of halogens is 1. The molecular formula is C17H21FN2O3S2.